The lowest BCUT2D eigenvalue weighted by Gasteiger charge is -2.30. The van der Waals surface area contributed by atoms with E-state index in [2.05, 4.69) is 45.9 Å². The number of pyridine rings is 1. The van der Waals surface area contributed by atoms with Gasteiger partial charge in [0.25, 0.3) is 5.91 Å². The fraction of sp³-hybridized carbons (Fsp3) is 0.550. The van der Waals surface area contributed by atoms with Crippen LogP contribution in [0.2, 0.25) is 0 Å². The number of nitrogens with one attached hydrogen (secondary N) is 1. The Labute approximate surface area is 165 Å². The number of nitrogens with zero attached hydrogens (tertiary/aromatic N) is 4. The number of carbonyl (C=O) groups excluding carboxylic acids is 1. The fourth-order valence-electron chi connectivity index (χ4n) is 3.52. The first-order chi connectivity index (χ1) is 13.1. The number of piperidine rings is 1. The molecular weight excluding hydrogens is 358 g/mol. The van der Waals surface area contributed by atoms with Crippen LogP contribution in [-0.4, -0.2) is 47.0 Å². The molecule has 0 bridgehead atoms. The first-order valence-electron chi connectivity index (χ1n) is 9.78. The number of thiazole rings is 1. The van der Waals surface area contributed by atoms with Crippen molar-refractivity contribution in [2.24, 2.45) is 5.92 Å². The van der Waals surface area contributed by atoms with Gasteiger partial charge in [-0.05, 0) is 51.3 Å². The molecule has 6 nitrogen and oxygen atoms in total. The Morgan fingerprint density at radius 3 is 2.85 bits per heavy atom. The molecule has 0 saturated carbocycles. The normalized spacial score (nSPS) is 17.7. The summed E-state index contributed by atoms with van der Waals surface area (Å²) in [6.07, 6.45) is 4.20. The Bertz CT molecular complexity index is 741. The van der Waals surface area contributed by atoms with Gasteiger partial charge in [0.15, 0.2) is 5.13 Å². The molecule has 2 aromatic rings. The molecular formula is C20H29N5OS. The van der Waals surface area contributed by atoms with Crippen LogP contribution in [0.25, 0.3) is 0 Å². The van der Waals surface area contributed by atoms with Gasteiger partial charge in [0, 0.05) is 37.8 Å². The summed E-state index contributed by atoms with van der Waals surface area (Å²) in [5.74, 6) is 1.48. The van der Waals surface area contributed by atoms with Crippen molar-refractivity contribution in [3.63, 3.8) is 0 Å². The van der Waals surface area contributed by atoms with Gasteiger partial charge in [0.05, 0.1) is 11.3 Å². The molecule has 0 aliphatic carbocycles. The van der Waals surface area contributed by atoms with E-state index in [4.69, 9.17) is 0 Å². The van der Waals surface area contributed by atoms with Crippen LogP contribution >= 0.6 is 11.3 Å². The van der Waals surface area contributed by atoms with Gasteiger partial charge in [-0.2, -0.15) is 0 Å². The number of anilines is 2. The van der Waals surface area contributed by atoms with Crippen LogP contribution in [0.5, 0.6) is 0 Å². The third kappa shape index (κ3) is 5.26. The van der Waals surface area contributed by atoms with E-state index in [-0.39, 0.29) is 5.91 Å². The third-order valence-electron chi connectivity index (χ3n) is 5.00. The summed E-state index contributed by atoms with van der Waals surface area (Å²) in [4.78, 5) is 26.1. The third-order valence-corrected chi connectivity index (χ3v) is 5.80. The molecule has 1 amide bonds. The molecule has 3 heterocycles. The topological polar surface area (TPSA) is 61.4 Å². The smallest absolute Gasteiger partial charge is 0.259 e. The number of amides is 1. The molecule has 2 aromatic heterocycles. The second kappa shape index (κ2) is 9.28. The summed E-state index contributed by atoms with van der Waals surface area (Å²) < 4.78 is 0. The maximum absolute atomic E-state index is 12.5. The van der Waals surface area contributed by atoms with Gasteiger partial charge in [0.1, 0.15) is 5.82 Å². The average molecular weight is 388 g/mol. The van der Waals surface area contributed by atoms with Gasteiger partial charge < -0.3 is 4.90 Å². The predicted molar refractivity (Wildman–Crippen MR) is 112 cm³/mol. The highest BCUT2D eigenvalue weighted by molar-refractivity contribution is 7.13. The van der Waals surface area contributed by atoms with E-state index in [0.717, 1.165) is 50.2 Å². The number of carbonyl (C=O) groups is 1. The van der Waals surface area contributed by atoms with Gasteiger partial charge in [0.2, 0.25) is 0 Å². The highest BCUT2D eigenvalue weighted by atomic mass is 32.1. The van der Waals surface area contributed by atoms with Crippen LogP contribution in [0.1, 0.15) is 49.7 Å². The Kier molecular flexibility index (Phi) is 6.79. The van der Waals surface area contributed by atoms with E-state index in [1.54, 1.807) is 6.20 Å². The molecule has 0 aromatic carbocycles. The molecule has 0 spiro atoms. The molecule has 0 radical (unpaired) electrons. The van der Waals surface area contributed by atoms with Crippen molar-refractivity contribution in [2.75, 3.05) is 36.4 Å². The second-order valence-corrected chi connectivity index (χ2v) is 8.02. The molecule has 1 N–H and O–H groups in total. The first kappa shape index (κ1) is 19.8. The number of hydrogen-bond acceptors (Lipinski definition) is 6. The Morgan fingerprint density at radius 2 is 2.19 bits per heavy atom. The van der Waals surface area contributed by atoms with Crippen LogP contribution in [0, 0.1) is 5.92 Å². The van der Waals surface area contributed by atoms with Crippen molar-refractivity contribution in [3.05, 3.63) is 35.0 Å². The van der Waals surface area contributed by atoms with E-state index in [1.807, 2.05) is 17.5 Å². The number of hydrogen-bond donors (Lipinski definition) is 1. The van der Waals surface area contributed by atoms with Gasteiger partial charge in [-0.15, -0.1) is 11.3 Å². The molecule has 1 aliphatic rings. The lowest BCUT2D eigenvalue weighted by molar-refractivity contribution is 0.102. The highest BCUT2D eigenvalue weighted by Crippen LogP contribution is 2.21. The molecule has 1 unspecified atom stereocenters. The first-order valence-corrected chi connectivity index (χ1v) is 10.7. The van der Waals surface area contributed by atoms with Crippen LogP contribution in [0.3, 0.4) is 0 Å². The maximum Gasteiger partial charge on any atom is 0.259 e. The number of rotatable bonds is 7. The Hall–Kier alpha value is -1.99. The lowest BCUT2D eigenvalue weighted by atomic mass is 10.0. The zero-order valence-electron chi connectivity index (χ0n) is 16.4. The molecule has 3 rings (SSSR count). The number of likely N-dealkylation sites (tertiary alicyclic amines) is 1. The van der Waals surface area contributed by atoms with Gasteiger partial charge in [-0.25, -0.2) is 9.97 Å². The second-order valence-electron chi connectivity index (χ2n) is 7.16. The molecule has 1 atom stereocenters. The summed E-state index contributed by atoms with van der Waals surface area (Å²) in [5.41, 5.74) is 1.58. The Balaban J connectivity index is 1.57. The summed E-state index contributed by atoms with van der Waals surface area (Å²) in [6, 6.07) is 3.71. The van der Waals surface area contributed by atoms with Crippen molar-refractivity contribution in [3.8, 4) is 0 Å². The summed E-state index contributed by atoms with van der Waals surface area (Å²) >= 11 is 1.48. The van der Waals surface area contributed by atoms with Crippen LogP contribution in [0.15, 0.2) is 23.7 Å². The monoisotopic (exact) mass is 387 g/mol. The minimum atomic E-state index is -0.166. The Morgan fingerprint density at radius 1 is 1.37 bits per heavy atom. The minimum Gasteiger partial charge on any atom is -0.357 e. The van der Waals surface area contributed by atoms with Gasteiger partial charge in [-0.3, -0.25) is 15.0 Å². The molecule has 7 heteroatoms. The van der Waals surface area contributed by atoms with Crippen molar-refractivity contribution in [2.45, 2.75) is 40.2 Å². The van der Waals surface area contributed by atoms with Crippen molar-refractivity contribution >= 4 is 28.2 Å². The van der Waals surface area contributed by atoms with Crippen LogP contribution < -0.4 is 10.2 Å². The van der Waals surface area contributed by atoms with E-state index in [1.165, 1.54) is 24.2 Å². The minimum absolute atomic E-state index is 0.166. The summed E-state index contributed by atoms with van der Waals surface area (Å²) in [6.45, 7) is 11.4. The maximum atomic E-state index is 12.5. The molecule has 1 saturated heterocycles. The lowest BCUT2D eigenvalue weighted by Crippen LogP contribution is -2.33. The molecule has 1 aliphatic heterocycles. The van der Waals surface area contributed by atoms with Gasteiger partial charge in [-0.1, -0.05) is 6.92 Å². The quantitative estimate of drug-likeness (QED) is 0.781. The van der Waals surface area contributed by atoms with E-state index in [0.29, 0.717) is 10.7 Å². The van der Waals surface area contributed by atoms with Crippen molar-refractivity contribution < 1.29 is 4.79 Å². The van der Waals surface area contributed by atoms with Crippen LogP contribution in [-0.2, 0) is 6.54 Å². The molecule has 1 fully saturated rings. The van der Waals surface area contributed by atoms with Crippen molar-refractivity contribution in [1.82, 2.24) is 14.9 Å². The largest absolute Gasteiger partial charge is 0.357 e. The van der Waals surface area contributed by atoms with Gasteiger partial charge >= 0.3 is 0 Å². The average Bonchev–Trinajstić information content (AvgIpc) is 3.10. The predicted octanol–water partition coefficient (Wildman–Crippen LogP) is 3.87. The molecule has 146 valence electrons. The van der Waals surface area contributed by atoms with Crippen LogP contribution in [0.4, 0.5) is 10.9 Å². The fourth-order valence-corrected chi connectivity index (χ4v) is 4.22. The zero-order chi connectivity index (χ0) is 19.2. The number of aromatic nitrogens is 2. The van der Waals surface area contributed by atoms with Crippen molar-refractivity contribution in [1.29, 1.82) is 0 Å². The van der Waals surface area contributed by atoms with E-state index in [9.17, 15) is 4.79 Å². The zero-order valence-corrected chi connectivity index (χ0v) is 17.3. The summed E-state index contributed by atoms with van der Waals surface area (Å²) in [5, 5.41) is 5.58. The van der Waals surface area contributed by atoms with E-state index < -0.39 is 0 Å². The highest BCUT2D eigenvalue weighted by Gasteiger charge is 2.18. The van der Waals surface area contributed by atoms with E-state index >= 15 is 0 Å². The standard InChI is InChI=1S/C20H29N5OS/c1-4-25(5-2)18-9-8-16(11-21-18)19(26)23-20-22-17(14-27-20)13-24-10-6-7-15(3)12-24/h8-9,11,14-15H,4-7,10,12-13H2,1-3H3,(H,22,23,26). The molecule has 27 heavy (non-hydrogen) atoms. The summed E-state index contributed by atoms with van der Waals surface area (Å²) in [7, 11) is 0. The SMILES string of the molecule is CCN(CC)c1ccc(C(=O)Nc2nc(CN3CCCC(C)C3)cs2)cn1.